The number of carbonyl (C=O) groups is 1. The van der Waals surface area contributed by atoms with Crippen LogP contribution in [0.5, 0.6) is 17.2 Å². The van der Waals surface area contributed by atoms with Crippen LogP contribution in [0.2, 0.25) is 5.02 Å². The zero-order valence-corrected chi connectivity index (χ0v) is 23.1. The van der Waals surface area contributed by atoms with Crippen LogP contribution in [0.25, 0.3) is 5.82 Å². The molecule has 3 aromatic carbocycles. The molecule has 214 valence electrons. The number of para-hydroxylation sites is 1. The molecule has 0 aliphatic carbocycles. The number of carbonyl (C=O) groups excluding carboxylic acids is 1. The molecule has 0 atom stereocenters. The summed E-state index contributed by atoms with van der Waals surface area (Å²) in [4.78, 5) is 13.1. The molecule has 42 heavy (non-hydrogen) atoms. The number of amides is 1. The highest BCUT2D eigenvalue weighted by Gasteiger charge is 2.24. The summed E-state index contributed by atoms with van der Waals surface area (Å²) >= 11 is 6.07. The van der Waals surface area contributed by atoms with E-state index in [0.717, 1.165) is 5.56 Å². The van der Waals surface area contributed by atoms with Crippen LogP contribution in [0.1, 0.15) is 34.2 Å². The summed E-state index contributed by atoms with van der Waals surface area (Å²) in [5.74, 6) is 1.06. The van der Waals surface area contributed by atoms with Crippen LogP contribution in [0, 0.1) is 0 Å². The van der Waals surface area contributed by atoms with Gasteiger partial charge in [-0.3, -0.25) is 4.79 Å². The number of halogens is 1. The fraction of sp³-hybridized carbons (Fsp3) is 0.143. The summed E-state index contributed by atoms with van der Waals surface area (Å²) < 4.78 is 23.4. The zero-order valence-electron chi connectivity index (χ0n) is 22.3. The van der Waals surface area contributed by atoms with E-state index in [9.17, 15) is 4.79 Å². The third-order valence-corrected chi connectivity index (χ3v) is 5.96. The first-order chi connectivity index (χ1) is 20.5. The molecule has 0 saturated carbocycles. The summed E-state index contributed by atoms with van der Waals surface area (Å²) in [6.45, 7) is 2.54. The van der Waals surface area contributed by atoms with Crippen molar-refractivity contribution in [2.24, 2.45) is 5.10 Å². The number of hydrogen-bond acceptors (Lipinski definition) is 11. The second-order valence-electron chi connectivity index (χ2n) is 8.63. The molecule has 3 N–H and O–H groups in total. The number of benzene rings is 3. The van der Waals surface area contributed by atoms with E-state index in [-0.39, 0.29) is 29.6 Å². The molecule has 5 aromatic rings. The van der Waals surface area contributed by atoms with Crippen molar-refractivity contribution in [3.63, 3.8) is 0 Å². The molecule has 0 aliphatic heterocycles. The first-order valence-electron chi connectivity index (χ1n) is 12.7. The topological polar surface area (TPSA) is 165 Å². The first kappa shape index (κ1) is 28.1. The van der Waals surface area contributed by atoms with E-state index < -0.39 is 5.91 Å². The minimum atomic E-state index is -0.634. The van der Waals surface area contributed by atoms with Crippen molar-refractivity contribution in [1.29, 1.82) is 0 Å². The van der Waals surface area contributed by atoms with Crippen molar-refractivity contribution in [2.75, 3.05) is 12.3 Å². The van der Waals surface area contributed by atoms with Gasteiger partial charge in [-0.05, 0) is 70.8 Å². The molecule has 0 fully saturated rings. The maximum absolute atomic E-state index is 13.1. The van der Waals surface area contributed by atoms with Gasteiger partial charge in [-0.1, -0.05) is 47.1 Å². The fourth-order valence-electron chi connectivity index (χ4n) is 3.78. The summed E-state index contributed by atoms with van der Waals surface area (Å²) in [6.07, 6.45) is 1.46. The number of ether oxygens (including phenoxy) is 3. The molecule has 5 rings (SSSR count). The Labute approximate surface area is 244 Å². The van der Waals surface area contributed by atoms with Gasteiger partial charge in [-0.15, -0.1) is 5.10 Å². The molecule has 0 spiro atoms. The number of hydrazone groups is 1. The van der Waals surface area contributed by atoms with E-state index in [1.54, 1.807) is 36.4 Å². The Balaban J connectivity index is 1.30. The molecule has 0 aliphatic rings. The highest BCUT2D eigenvalue weighted by molar-refractivity contribution is 6.30. The number of hydrogen-bond donors (Lipinski definition) is 2. The van der Waals surface area contributed by atoms with E-state index in [2.05, 4.69) is 35.8 Å². The van der Waals surface area contributed by atoms with Gasteiger partial charge >= 0.3 is 0 Å². The predicted octanol–water partition coefficient (Wildman–Crippen LogP) is 4.21. The predicted molar refractivity (Wildman–Crippen MR) is 153 cm³/mol. The monoisotopic (exact) mass is 588 g/mol. The Morgan fingerprint density at radius 1 is 1.02 bits per heavy atom. The Morgan fingerprint density at radius 2 is 1.88 bits per heavy atom. The largest absolute Gasteiger partial charge is 0.490 e. The normalized spacial score (nSPS) is 11.0. The molecular weight excluding hydrogens is 564 g/mol. The van der Waals surface area contributed by atoms with E-state index >= 15 is 0 Å². The van der Waals surface area contributed by atoms with Gasteiger partial charge in [-0.25, -0.2) is 10.1 Å². The molecule has 2 heterocycles. The number of nitrogens with zero attached hydrogens (tertiary/aromatic N) is 6. The average Bonchev–Trinajstić information content (AvgIpc) is 3.62. The lowest BCUT2D eigenvalue weighted by molar-refractivity contribution is 0.0947. The quantitative estimate of drug-likeness (QED) is 0.159. The Morgan fingerprint density at radius 3 is 2.64 bits per heavy atom. The molecule has 14 heteroatoms. The van der Waals surface area contributed by atoms with Crippen molar-refractivity contribution in [1.82, 2.24) is 30.7 Å². The van der Waals surface area contributed by atoms with Crippen LogP contribution in [0.4, 0.5) is 5.82 Å². The smallest absolute Gasteiger partial charge is 0.293 e. The summed E-state index contributed by atoms with van der Waals surface area (Å²) in [6, 6.07) is 21.8. The minimum absolute atomic E-state index is 0.0315. The number of aromatic nitrogens is 5. The summed E-state index contributed by atoms with van der Waals surface area (Å²) in [5, 5.41) is 20.0. The standard InChI is InChI=1S/C28H25ClN8O5/c1-2-39-24-14-18(11-12-23(24)41-16-19-7-6-8-20(29)13-19)15-31-33-28(38)25-22(17-40-21-9-4-3-5-10-21)37(36-32-25)27-26(30)34-42-35-27/h3-15H,2,16-17H2,1H3,(H2,30,34)(H,33,38). The van der Waals surface area contributed by atoms with E-state index in [0.29, 0.717) is 41.0 Å². The summed E-state index contributed by atoms with van der Waals surface area (Å²) in [7, 11) is 0. The summed E-state index contributed by atoms with van der Waals surface area (Å²) in [5.41, 5.74) is 10.1. The van der Waals surface area contributed by atoms with Crippen molar-refractivity contribution < 1.29 is 23.6 Å². The van der Waals surface area contributed by atoms with Gasteiger partial charge < -0.3 is 19.9 Å². The molecule has 0 radical (unpaired) electrons. The van der Waals surface area contributed by atoms with Gasteiger partial charge in [0.15, 0.2) is 17.2 Å². The molecule has 0 unspecified atom stereocenters. The molecule has 0 saturated heterocycles. The highest BCUT2D eigenvalue weighted by atomic mass is 35.5. The van der Waals surface area contributed by atoms with E-state index in [4.69, 9.17) is 31.5 Å². The third-order valence-electron chi connectivity index (χ3n) is 5.72. The van der Waals surface area contributed by atoms with Crippen LogP contribution in [0.3, 0.4) is 0 Å². The Hall–Kier alpha value is -5.43. The minimum Gasteiger partial charge on any atom is -0.490 e. The Kier molecular flexibility index (Phi) is 8.89. The van der Waals surface area contributed by atoms with Gasteiger partial charge in [0.1, 0.15) is 24.7 Å². The van der Waals surface area contributed by atoms with E-state index in [1.165, 1.54) is 10.9 Å². The number of nitrogens with two attached hydrogens (primary N) is 1. The van der Waals surface area contributed by atoms with Crippen LogP contribution in [0.15, 0.2) is 82.5 Å². The van der Waals surface area contributed by atoms with Gasteiger partial charge in [0.25, 0.3) is 5.91 Å². The first-order valence-corrected chi connectivity index (χ1v) is 13.1. The number of anilines is 1. The maximum Gasteiger partial charge on any atom is 0.293 e. The molecule has 1 amide bonds. The lowest BCUT2D eigenvalue weighted by Crippen LogP contribution is -2.21. The van der Waals surface area contributed by atoms with Gasteiger partial charge in [0, 0.05) is 5.02 Å². The maximum atomic E-state index is 13.1. The molecule has 2 aromatic heterocycles. The molecular formula is C28H25ClN8O5. The Bertz CT molecular complexity index is 1690. The van der Waals surface area contributed by atoms with Crippen molar-refractivity contribution in [3.8, 4) is 23.1 Å². The fourth-order valence-corrected chi connectivity index (χ4v) is 4.00. The average molecular weight is 589 g/mol. The van der Waals surface area contributed by atoms with Gasteiger partial charge in [0.05, 0.1) is 12.8 Å². The van der Waals surface area contributed by atoms with E-state index in [1.807, 2.05) is 43.3 Å². The van der Waals surface area contributed by atoms with Crippen LogP contribution in [-0.2, 0) is 13.2 Å². The van der Waals surface area contributed by atoms with Crippen LogP contribution >= 0.6 is 11.6 Å². The lowest BCUT2D eigenvalue weighted by Gasteiger charge is -2.12. The second-order valence-corrected chi connectivity index (χ2v) is 9.06. The van der Waals surface area contributed by atoms with Crippen molar-refractivity contribution in [3.05, 3.63) is 100 Å². The van der Waals surface area contributed by atoms with Crippen LogP contribution in [-0.4, -0.2) is 44.0 Å². The zero-order chi connectivity index (χ0) is 29.3. The highest BCUT2D eigenvalue weighted by Crippen LogP contribution is 2.29. The third kappa shape index (κ3) is 6.82. The van der Waals surface area contributed by atoms with Crippen molar-refractivity contribution in [2.45, 2.75) is 20.1 Å². The number of nitrogens with one attached hydrogen (secondary N) is 1. The lowest BCUT2D eigenvalue weighted by atomic mass is 10.2. The second kappa shape index (κ2) is 13.3. The van der Waals surface area contributed by atoms with Crippen LogP contribution < -0.4 is 25.4 Å². The number of rotatable bonds is 12. The van der Waals surface area contributed by atoms with Gasteiger partial charge in [-0.2, -0.15) is 9.78 Å². The van der Waals surface area contributed by atoms with Gasteiger partial charge in [0.2, 0.25) is 11.6 Å². The molecule has 0 bridgehead atoms. The number of nitrogen functional groups attached to an aromatic ring is 1. The molecule has 13 nitrogen and oxygen atoms in total. The van der Waals surface area contributed by atoms with Crippen molar-refractivity contribution >= 4 is 29.5 Å². The SMILES string of the molecule is CCOc1cc(C=NNC(=O)c2nnn(-c3nonc3N)c2COc2ccccc2)ccc1OCc1cccc(Cl)c1.